The summed E-state index contributed by atoms with van der Waals surface area (Å²) in [5.74, 6) is -0.140. The second-order valence-electron chi connectivity index (χ2n) is 23.5. The van der Waals surface area contributed by atoms with E-state index in [0.29, 0.717) is 23.9 Å². The van der Waals surface area contributed by atoms with E-state index in [9.17, 15) is 19.4 Å². The Morgan fingerprint density at radius 2 is 0.781 bits per heavy atom. The maximum atomic E-state index is 13.0. The summed E-state index contributed by atoms with van der Waals surface area (Å²) in [5.41, 5.74) is 0. The number of amides is 1. The van der Waals surface area contributed by atoms with E-state index >= 15 is 0 Å². The van der Waals surface area contributed by atoms with Crippen molar-refractivity contribution in [2.45, 2.75) is 341 Å². The highest BCUT2D eigenvalue weighted by Crippen LogP contribution is 2.43. The standard InChI is InChI=1S/C64H127N2O6P/c1-6-8-10-12-14-16-18-20-21-22-23-24-25-26-27-28-29-30-31-32-33-34-35-36-37-38-39-40-41-42-43-44-45-46-48-50-52-54-56-58-64(68)65-62(61-72-73(69,70)71-60-59-66(3,4)5)63(67)57-55-53-51-49-47-19-17-15-13-11-9-7-2/h29-30,32-33,62-63,67H,6-28,31,34-61H2,1-5H3,(H-,65,68,69,70)/p+1/b30-29-,33-32-. The molecule has 0 aliphatic carbocycles. The highest BCUT2D eigenvalue weighted by atomic mass is 31.2. The molecule has 0 heterocycles. The van der Waals surface area contributed by atoms with Gasteiger partial charge in [-0.1, -0.05) is 301 Å². The fourth-order valence-electron chi connectivity index (χ4n) is 9.90. The van der Waals surface area contributed by atoms with Gasteiger partial charge in [-0.2, -0.15) is 0 Å². The Kier molecular flexibility index (Phi) is 54.9. The summed E-state index contributed by atoms with van der Waals surface area (Å²) in [4.78, 5) is 23.3. The van der Waals surface area contributed by atoms with E-state index < -0.39 is 20.0 Å². The fourth-order valence-corrected chi connectivity index (χ4v) is 10.6. The molecule has 0 aromatic carbocycles. The molecule has 0 aliphatic rings. The van der Waals surface area contributed by atoms with Crippen molar-refractivity contribution in [1.82, 2.24) is 5.32 Å². The SMILES string of the molecule is CCCCCCCCCCCCCCCCC/C=C\C/C=C\CCCCCCCCCCCCCCCCCCCC(=O)NC(COP(=O)(O)OCC[N+](C)(C)C)C(O)CCCCCCCCCCCCCC. The van der Waals surface area contributed by atoms with Crippen LogP contribution in [0.1, 0.15) is 328 Å². The molecule has 0 aromatic rings. The first-order valence-corrected chi connectivity index (χ1v) is 33.7. The zero-order valence-electron chi connectivity index (χ0n) is 49.7. The minimum atomic E-state index is -4.32. The number of nitrogens with one attached hydrogen (secondary N) is 1. The summed E-state index contributed by atoms with van der Waals surface area (Å²) >= 11 is 0. The zero-order chi connectivity index (χ0) is 53.5. The van der Waals surface area contributed by atoms with Crippen molar-refractivity contribution < 1.29 is 32.9 Å². The average molecular weight is 1050 g/mol. The van der Waals surface area contributed by atoms with Crippen LogP contribution in [0.4, 0.5) is 0 Å². The molecule has 0 spiro atoms. The first-order valence-electron chi connectivity index (χ1n) is 32.2. The molecule has 1 amide bonds. The molecule has 0 saturated carbocycles. The monoisotopic (exact) mass is 1050 g/mol. The number of unbranched alkanes of at least 4 members (excludes halogenated alkanes) is 43. The van der Waals surface area contributed by atoms with Crippen molar-refractivity contribution in [1.29, 1.82) is 0 Å². The van der Waals surface area contributed by atoms with Gasteiger partial charge in [-0.25, -0.2) is 4.57 Å². The van der Waals surface area contributed by atoms with E-state index in [-0.39, 0.29) is 19.1 Å². The lowest BCUT2D eigenvalue weighted by atomic mass is 10.0. The van der Waals surface area contributed by atoms with Gasteiger partial charge in [-0.3, -0.25) is 13.8 Å². The van der Waals surface area contributed by atoms with Crippen LogP contribution in [-0.4, -0.2) is 73.4 Å². The molecule has 434 valence electrons. The van der Waals surface area contributed by atoms with Crippen LogP contribution in [0, 0.1) is 0 Å². The fraction of sp³-hybridized carbons (Fsp3) is 0.922. The third-order valence-electron chi connectivity index (χ3n) is 15.0. The number of quaternary nitrogens is 1. The van der Waals surface area contributed by atoms with Crippen LogP contribution in [0.25, 0.3) is 0 Å². The third-order valence-corrected chi connectivity index (χ3v) is 15.9. The Labute approximate surface area is 455 Å². The number of phosphoric acid groups is 1. The van der Waals surface area contributed by atoms with E-state index in [1.807, 2.05) is 21.1 Å². The number of carbonyl (C=O) groups is 1. The average Bonchev–Trinajstić information content (AvgIpc) is 3.35. The summed E-state index contributed by atoms with van der Waals surface area (Å²) in [6.45, 7) is 4.92. The van der Waals surface area contributed by atoms with Crippen LogP contribution < -0.4 is 5.32 Å². The Balaban J connectivity index is 3.85. The molecule has 3 atom stereocenters. The first-order chi connectivity index (χ1) is 35.5. The molecule has 0 radical (unpaired) electrons. The molecule has 3 N–H and O–H groups in total. The Bertz CT molecular complexity index is 1240. The number of allylic oxidation sites excluding steroid dienone is 4. The maximum absolute atomic E-state index is 13.0. The number of hydrogen-bond acceptors (Lipinski definition) is 5. The van der Waals surface area contributed by atoms with E-state index in [0.717, 1.165) is 44.9 Å². The maximum Gasteiger partial charge on any atom is 0.472 e. The van der Waals surface area contributed by atoms with Crippen molar-refractivity contribution >= 4 is 13.7 Å². The van der Waals surface area contributed by atoms with E-state index in [1.165, 1.54) is 257 Å². The topological polar surface area (TPSA) is 105 Å². The van der Waals surface area contributed by atoms with E-state index in [2.05, 4.69) is 43.5 Å². The molecule has 0 fully saturated rings. The van der Waals surface area contributed by atoms with Gasteiger partial charge in [0.2, 0.25) is 5.91 Å². The summed E-state index contributed by atoms with van der Waals surface area (Å²) < 4.78 is 23.7. The van der Waals surface area contributed by atoms with Crippen molar-refractivity contribution in [2.24, 2.45) is 0 Å². The van der Waals surface area contributed by atoms with Crippen LogP contribution in [-0.2, 0) is 18.4 Å². The van der Waals surface area contributed by atoms with Crippen LogP contribution in [0.5, 0.6) is 0 Å². The molecule has 73 heavy (non-hydrogen) atoms. The number of hydrogen-bond donors (Lipinski definition) is 3. The molecule has 0 rings (SSSR count). The van der Waals surface area contributed by atoms with Gasteiger partial charge in [0.25, 0.3) is 0 Å². The number of carbonyl (C=O) groups excluding carboxylic acids is 1. The summed E-state index contributed by atoms with van der Waals surface area (Å²) in [6, 6.07) is -0.758. The second kappa shape index (κ2) is 55.7. The highest BCUT2D eigenvalue weighted by molar-refractivity contribution is 7.47. The predicted molar refractivity (Wildman–Crippen MR) is 318 cm³/mol. The predicted octanol–water partition coefficient (Wildman–Crippen LogP) is 19.9. The number of nitrogens with zero attached hydrogens (tertiary/aromatic N) is 1. The smallest absolute Gasteiger partial charge is 0.391 e. The molecular weight excluding hydrogens is 924 g/mol. The van der Waals surface area contributed by atoms with Gasteiger partial charge in [-0.05, 0) is 44.9 Å². The lowest BCUT2D eigenvalue weighted by molar-refractivity contribution is -0.870. The molecule has 0 bridgehead atoms. The number of aliphatic hydroxyl groups excluding tert-OH is 1. The molecule has 0 saturated heterocycles. The highest BCUT2D eigenvalue weighted by Gasteiger charge is 2.28. The molecule has 0 aromatic heterocycles. The van der Waals surface area contributed by atoms with Crippen LogP contribution in [0.15, 0.2) is 24.3 Å². The molecule has 9 heteroatoms. The van der Waals surface area contributed by atoms with Gasteiger partial charge in [-0.15, -0.1) is 0 Å². The molecule has 0 aliphatic heterocycles. The van der Waals surface area contributed by atoms with Crippen LogP contribution >= 0.6 is 7.82 Å². The van der Waals surface area contributed by atoms with Gasteiger partial charge in [0.1, 0.15) is 13.2 Å². The van der Waals surface area contributed by atoms with E-state index in [4.69, 9.17) is 9.05 Å². The summed E-state index contributed by atoms with van der Waals surface area (Å²) in [7, 11) is 1.63. The van der Waals surface area contributed by atoms with E-state index in [1.54, 1.807) is 0 Å². The Morgan fingerprint density at radius 1 is 0.466 bits per heavy atom. The van der Waals surface area contributed by atoms with Crippen molar-refractivity contribution in [2.75, 3.05) is 40.9 Å². The molecule has 8 nitrogen and oxygen atoms in total. The van der Waals surface area contributed by atoms with Crippen LogP contribution in [0.3, 0.4) is 0 Å². The Morgan fingerprint density at radius 3 is 1.12 bits per heavy atom. The van der Waals surface area contributed by atoms with Gasteiger partial charge >= 0.3 is 7.82 Å². The quantitative estimate of drug-likeness (QED) is 0.0243. The summed E-state index contributed by atoms with van der Waals surface area (Å²) in [5, 5.41) is 14.0. The minimum Gasteiger partial charge on any atom is -0.391 e. The Hall–Kier alpha value is -1.02. The van der Waals surface area contributed by atoms with Crippen molar-refractivity contribution in [3.8, 4) is 0 Å². The van der Waals surface area contributed by atoms with Gasteiger partial charge in [0, 0.05) is 6.42 Å². The van der Waals surface area contributed by atoms with Crippen LogP contribution in [0.2, 0.25) is 0 Å². The molecular formula is C64H128N2O6P+. The van der Waals surface area contributed by atoms with Gasteiger partial charge < -0.3 is 19.8 Å². The number of aliphatic hydroxyl groups is 1. The summed E-state index contributed by atoms with van der Waals surface area (Å²) in [6.07, 6.45) is 71.4. The minimum absolute atomic E-state index is 0.0766. The lowest BCUT2D eigenvalue weighted by Gasteiger charge is -2.26. The third kappa shape index (κ3) is 58.5. The molecule has 3 unspecified atom stereocenters. The zero-order valence-corrected chi connectivity index (χ0v) is 50.5. The number of phosphoric ester groups is 1. The van der Waals surface area contributed by atoms with Crippen molar-refractivity contribution in [3.63, 3.8) is 0 Å². The van der Waals surface area contributed by atoms with Crippen molar-refractivity contribution in [3.05, 3.63) is 24.3 Å². The number of rotatable bonds is 60. The van der Waals surface area contributed by atoms with Gasteiger partial charge in [0.15, 0.2) is 0 Å². The van der Waals surface area contributed by atoms with Gasteiger partial charge in [0.05, 0.1) is 39.9 Å². The largest absolute Gasteiger partial charge is 0.472 e. The normalized spacial score (nSPS) is 13.9. The first kappa shape index (κ1) is 72.0. The second-order valence-corrected chi connectivity index (χ2v) is 25.0. The number of likely N-dealkylation sites (N-methyl/N-ethyl adjacent to an activating group) is 1. The lowest BCUT2D eigenvalue weighted by Crippen LogP contribution is -2.46.